The number of hydrogen-bond donors (Lipinski definition) is 1. The fourth-order valence-corrected chi connectivity index (χ4v) is 4.13. The minimum atomic E-state index is -3.36. The van der Waals surface area contributed by atoms with E-state index in [9.17, 15) is 8.42 Å². The van der Waals surface area contributed by atoms with Gasteiger partial charge in [0.1, 0.15) is 0 Å². The van der Waals surface area contributed by atoms with Crippen molar-refractivity contribution in [1.29, 1.82) is 0 Å². The summed E-state index contributed by atoms with van der Waals surface area (Å²) in [6.45, 7) is 3.11. The lowest BCUT2D eigenvalue weighted by atomic mass is 9.92. The number of piperidine rings is 1. The highest BCUT2D eigenvalue weighted by Gasteiger charge is 2.30. The fraction of sp³-hybridized carbons (Fsp3) is 0.538. The van der Waals surface area contributed by atoms with Crippen LogP contribution >= 0.6 is 15.9 Å². The van der Waals surface area contributed by atoms with E-state index in [1.807, 2.05) is 6.92 Å². The second-order valence-corrected chi connectivity index (χ2v) is 7.91. The van der Waals surface area contributed by atoms with Gasteiger partial charge in [0.25, 0.3) is 0 Å². The van der Waals surface area contributed by atoms with E-state index in [0.717, 1.165) is 17.3 Å². The number of benzene rings is 1. The molecule has 1 saturated heterocycles. The smallest absolute Gasteiger partial charge is 0.243 e. The van der Waals surface area contributed by atoms with Crippen molar-refractivity contribution in [3.8, 4) is 0 Å². The lowest BCUT2D eigenvalue weighted by Gasteiger charge is -2.32. The molecular weight excluding hydrogens is 328 g/mol. The van der Waals surface area contributed by atoms with E-state index >= 15 is 0 Å². The van der Waals surface area contributed by atoms with Crippen molar-refractivity contribution >= 4 is 26.0 Å². The summed E-state index contributed by atoms with van der Waals surface area (Å²) in [7, 11) is -3.36. The minimum absolute atomic E-state index is 0.137. The predicted octanol–water partition coefficient (Wildman–Crippen LogP) is 2.20. The van der Waals surface area contributed by atoms with Crippen LogP contribution in [0.2, 0.25) is 0 Å². The monoisotopic (exact) mass is 346 g/mol. The Balaban J connectivity index is 2.12. The third-order valence-corrected chi connectivity index (χ3v) is 6.14. The Bertz CT molecular complexity index is 520. The van der Waals surface area contributed by atoms with Crippen LogP contribution in [-0.2, 0) is 10.0 Å². The van der Waals surface area contributed by atoms with Crippen LogP contribution in [0.25, 0.3) is 0 Å². The molecule has 1 aromatic carbocycles. The Morgan fingerprint density at radius 2 is 1.79 bits per heavy atom. The Kier molecular flexibility index (Phi) is 4.66. The molecule has 6 heteroatoms. The number of sulfonamides is 1. The zero-order chi connectivity index (χ0) is 14.0. The maximum atomic E-state index is 12.5. The summed E-state index contributed by atoms with van der Waals surface area (Å²) in [5.41, 5.74) is 5.88. The van der Waals surface area contributed by atoms with Crippen LogP contribution in [0.15, 0.2) is 33.6 Å². The van der Waals surface area contributed by atoms with E-state index in [1.54, 1.807) is 28.6 Å². The van der Waals surface area contributed by atoms with Gasteiger partial charge in [-0.05, 0) is 49.9 Å². The standard InChI is InChI=1S/C13H19BrN2O2S/c1-10(15)11-6-8-16(9-7-11)19(17,18)13-4-2-12(14)3-5-13/h2-5,10-11H,6-9,15H2,1H3. The maximum Gasteiger partial charge on any atom is 0.243 e. The van der Waals surface area contributed by atoms with Crippen LogP contribution in [0.1, 0.15) is 19.8 Å². The molecule has 1 aliphatic rings. The molecule has 2 rings (SSSR count). The molecule has 0 saturated carbocycles. The number of halogens is 1. The maximum absolute atomic E-state index is 12.5. The molecule has 1 fully saturated rings. The molecule has 106 valence electrons. The van der Waals surface area contributed by atoms with Crippen molar-refractivity contribution in [3.05, 3.63) is 28.7 Å². The molecule has 1 atom stereocenters. The van der Waals surface area contributed by atoms with Crippen LogP contribution in [0.4, 0.5) is 0 Å². The quantitative estimate of drug-likeness (QED) is 0.912. The Morgan fingerprint density at radius 3 is 2.26 bits per heavy atom. The average Bonchev–Trinajstić information content (AvgIpc) is 2.39. The topological polar surface area (TPSA) is 63.4 Å². The molecular formula is C13H19BrN2O2S. The van der Waals surface area contributed by atoms with Crippen LogP contribution in [0.3, 0.4) is 0 Å². The second kappa shape index (κ2) is 5.91. The molecule has 1 aromatic rings. The first-order valence-corrected chi connectivity index (χ1v) is 8.66. The first-order chi connectivity index (χ1) is 8.91. The molecule has 1 aliphatic heterocycles. The van der Waals surface area contributed by atoms with Crippen molar-refractivity contribution in [3.63, 3.8) is 0 Å². The molecule has 0 radical (unpaired) electrons. The SMILES string of the molecule is CC(N)C1CCN(S(=O)(=O)c2ccc(Br)cc2)CC1. The predicted molar refractivity (Wildman–Crippen MR) is 79.3 cm³/mol. The average molecular weight is 347 g/mol. The number of nitrogens with zero attached hydrogens (tertiary/aromatic N) is 1. The first kappa shape index (κ1) is 15.0. The third-order valence-electron chi connectivity index (χ3n) is 3.69. The molecule has 0 aliphatic carbocycles. The Labute approximate surface area is 123 Å². The highest BCUT2D eigenvalue weighted by molar-refractivity contribution is 9.10. The number of rotatable bonds is 3. The van der Waals surface area contributed by atoms with E-state index in [2.05, 4.69) is 15.9 Å². The van der Waals surface area contributed by atoms with Gasteiger partial charge < -0.3 is 5.73 Å². The van der Waals surface area contributed by atoms with Gasteiger partial charge in [0.2, 0.25) is 10.0 Å². The van der Waals surface area contributed by atoms with Gasteiger partial charge in [-0.2, -0.15) is 4.31 Å². The van der Waals surface area contributed by atoms with Crippen molar-refractivity contribution in [2.75, 3.05) is 13.1 Å². The van der Waals surface area contributed by atoms with Crippen LogP contribution in [0, 0.1) is 5.92 Å². The molecule has 0 bridgehead atoms. The van der Waals surface area contributed by atoms with E-state index in [-0.39, 0.29) is 6.04 Å². The highest BCUT2D eigenvalue weighted by Crippen LogP contribution is 2.25. The Morgan fingerprint density at radius 1 is 1.26 bits per heavy atom. The van der Waals surface area contributed by atoms with E-state index < -0.39 is 10.0 Å². The zero-order valence-electron chi connectivity index (χ0n) is 10.9. The largest absolute Gasteiger partial charge is 0.328 e. The number of nitrogens with two attached hydrogens (primary N) is 1. The molecule has 1 heterocycles. The minimum Gasteiger partial charge on any atom is -0.328 e. The summed E-state index contributed by atoms with van der Waals surface area (Å²) in [5, 5.41) is 0. The van der Waals surface area contributed by atoms with Crippen molar-refractivity contribution in [2.24, 2.45) is 11.7 Å². The lowest BCUT2D eigenvalue weighted by Crippen LogP contribution is -2.42. The lowest BCUT2D eigenvalue weighted by molar-refractivity contribution is 0.250. The Hall–Kier alpha value is -0.430. The summed E-state index contributed by atoms with van der Waals surface area (Å²) in [6, 6.07) is 6.91. The summed E-state index contributed by atoms with van der Waals surface area (Å²) in [6.07, 6.45) is 1.68. The van der Waals surface area contributed by atoms with Crippen LogP contribution < -0.4 is 5.73 Å². The van der Waals surface area contributed by atoms with Crippen LogP contribution in [0.5, 0.6) is 0 Å². The molecule has 19 heavy (non-hydrogen) atoms. The molecule has 0 spiro atoms. The van der Waals surface area contributed by atoms with E-state index in [4.69, 9.17) is 5.73 Å². The summed E-state index contributed by atoms with van der Waals surface area (Å²) in [5.74, 6) is 0.427. The second-order valence-electron chi connectivity index (χ2n) is 5.05. The highest BCUT2D eigenvalue weighted by atomic mass is 79.9. The van der Waals surface area contributed by atoms with Gasteiger partial charge in [0.15, 0.2) is 0 Å². The fourth-order valence-electron chi connectivity index (χ4n) is 2.40. The molecule has 0 amide bonds. The van der Waals surface area contributed by atoms with Crippen molar-refractivity contribution < 1.29 is 8.42 Å². The molecule has 2 N–H and O–H groups in total. The van der Waals surface area contributed by atoms with Gasteiger partial charge in [0, 0.05) is 23.6 Å². The van der Waals surface area contributed by atoms with Crippen LogP contribution in [-0.4, -0.2) is 31.9 Å². The summed E-state index contributed by atoms with van der Waals surface area (Å²) >= 11 is 3.31. The van der Waals surface area contributed by atoms with Gasteiger partial charge in [-0.15, -0.1) is 0 Å². The molecule has 1 unspecified atom stereocenters. The first-order valence-electron chi connectivity index (χ1n) is 6.42. The van der Waals surface area contributed by atoms with Crippen molar-refractivity contribution in [1.82, 2.24) is 4.31 Å². The molecule has 0 aromatic heterocycles. The normalized spacial score (nSPS) is 20.4. The zero-order valence-corrected chi connectivity index (χ0v) is 13.3. The van der Waals surface area contributed by atoms with Crippen molar-refractivity contribution in [2.45, 2.75) is 30.7 Å². The van der Waals surface area contributed by atoms with E-state index in [0.29, 0.717) is 23.9 Å². The van der Waals surface area contributed by atoms with Gasteiger partial charge in [-0.1, -0.05) is 15.9 Å². The van der Waals surface area contributed by atoms with Gasteiger partial charge in [0.05, 0.1) is 4.90 Å². The van der Waals surface area contributed by atoms with Gasteiger partial charge in [-0.25, -0.2) is 8.42 Å². The summed E-state index contributed by atoms with van der Waals surface area (Å²) in [4.78, 5) is 0.356. The van der Waals surface area contributed by atoms with Gasteiger partial charge in [-0.3, -0.25) is 0 Å². The number of hydrogen-bond acceptors (Lipinski definition) is 3. The van der Waals surface area contributed by atoms with E-state index in [1.165, 1.54) is 0 Å². The summed E-state index contributed by atoms with van der Waals surface area (Å²) < 4.78 is 27.4. The van der Waals surface area contributed by atoms with Gasteiger partial charge >= 0.3 is 0 Å². The molecule has 4 nitrogen and oxygen atoms in total. The third kappa shape index (κ3) is 3.37.